The van der Waals surface area contributed by atoms with Crippen molar-refractivity contribution in [2.45, 2.75) is 49.9 Å². The van der Waals surface area contributed by atoms with Crippen molar-refractivity contribution in [2.75, 3.05) is 11.5 Å². The molecular weight excluding hydrogens is 231 g/mol. The lowest BCUT2D eigenvalue weighted by Gasteiger charge is -2.72. The predicted molar refractivity (Wildman–Crippen MR) is 76.2 cm³/mol. The van der Waals surface area contributed by atoms with Gasteiger partial charge in [-0.3, -0.25) is 0 Å². The SMILES string of the molecule is [B]C1(C23CCCC(C2)C3(C)C)SCCCS1. The van der Waals surface area contributed by atoms with Gasteiger partial charge in [0.15, 0.2) is 0 Å². The van der Waals surface area contributed by atoms with Gasteiger partial charge in [0.25, 0.3) is 0 Å². The molecule has 16 heavy (non-hydrogen) atoms. The summed E-state index contributed by atoms with van der Waals surface area (Å²) < 4.78 is 0.0195. The van der Waals surface area contributed by atoms with Crippen LogP contribution in [-0.2, 0) is 0 Å². The van der Waals surface area contributed by atoms with Gasteiger partial charge in [0, 0.05) is 3.98 Å². The third-order valence-electron chi connectivity index (χ3n) is 5.59. The highest BCUT2D eigenvalue weighted by Crippen LogP contribution is 2.75. The van der Waals surface area contributed by atoms with E-state index < -0.39 is 0 Å². The van der Waals surface area contributed by atoms with Crippen LogP contribution in [0, 0.1) is 16.7 Å². The summed E-state index contributed by atoms with van der Waals surface area (Å²) in [5.74, 6) is 3.49. The average Bonchev–Trinajstić information content (AvgIpc) is 2.30. The lowest BCUT2D eigenvalue weighted by Crippen LogP contribution is -2.67. The molecular formula is C13H21BS2. The van der Waals surface area contributed by atoms with Crippen molar-refractivity contribution in [3.05, 3.63) is 0 Å². The largest absolute Gasteiger partial charge is 0.154 e. The molecule has 1 heterocycles. The van der Waals surface area contributed by atoms with Gasteiger partial charge in [-0.25, -0.2) is 0 Å². The third kappa shape index (κ3) is 1.28. The Kier molecular flexibility index (Phi) is 2.69. The first kappa shape index (κ1) is 11.8. The molecule has 0 spiro atoms. The second-order valence-corrected chi connectivity index (χ2v) is 9.26. The molecule has 0 aromatic heterocycles. The monoisotopic (exact) mass is 252 g/mol. The summed E-state index contributed by atoms with van der Waals surface area (Å²) in [4.78, 5) is 0. The van der Waals surface area contributed by atoms with E-state index in [1.165, 1.54) is 43.6 Å². The van der Waals surface area contributed by atoms with Crippen molar-refractivity contribution in [3.8, 4) is 0 Å². The van der Waals surface area contributed by atoms with Crippen molar-refractivity contribution in [1.29, 1.82) is 0 Å². The molecule has 3 saturated carbocycles. The quantitative estimate of drug-likeness (QED) is 0.649. The first-order valence-electron chi connectivity index (χ1n) is 6.59. The van der Waals surface area contributed by atoms with Crippen LogP contribution < -0.4 is 0 Å². The molecule has 2 radical (unpaired) electrons. The summed E-state index contributed by atoms with van der Waals surface area (Å²) in [6.45, 7) is 4.95. The minimum absolute atomic E-state index is 0.0195. The van der Waals surface area contributed by atoms with Gasteiger partial charge >= 0.3 is 0 Å². The Morgan fingerprint density at radius 3 is 2.38 bits per heavy atom. The van der Waals surface area contributed by atoms with Crippen LogP contribution in [0.4, 0.5) is 0 Å². The van der Waals surface area contributed by atoms with Gasteiger partial charge in [0.1, 0.15) is 7.85 Å². The van der Waals surface area contributed by atoms with Crippen LogP contribution in [0.3, 0.4) is 0 Å². The molecule has 0 amide bonds. The summed E-state index contributed by atoms with van der Waals surface area (Å²) in [7, 11) is 6.81. The van der Waals surface area contributed by atoms with Crippen LogP contribution in [0.25, 0.3) is 0 Å². The molecule has 4 fully saturated rings. The van der Waals surface area contributed by atoms with E-state index in [0.29, 0.717) is 10.8 Å². The Labute approximate surface area is 109 Å². The number of hydrogen-bond donors (Lipinski definition) is 0. The minimum Gasteiger partial charge on any atom is -0.154 e. The second kappa shape index (κ2) is 3.63. The molecule has 2 bridgehead atoms. The second-order valence-electron chi connectivity index (χ2n) is 6.32. The molecule has 0 aromatic carbocycles. The molecule has 4 aliphatic rings. The maximum absolute atomic E-state index is 6.81. The first-order valence-corrected chi connectivity index (χ1v) is 8.56. The molecule has 88 valence electrons. The highest BCUT2D eigenvalue weighted by Gasteiger charge is 2.68. The summed E-state index contributed by atoms with van der Waals surface area (Å²) in [6, 6.07) is 0. The van der Waals surface area contributed by atoms with Gasteiger partial charge in [-0.05, 0) is 53.9 Å². The normalized spacial score (nSPS) is 44.8. The number of thioether (sulfide) groups is 2. The van der Waals surface area contributed by atoms with E-state index in [0.717, 1.165) is 5.92 Å². The average molecular weight is 252 g/mol. The van der Waals surface area contributed by atoms with Gasteiger partial charge in [-0.1, -0.05) is 20.3 Å². The van der Waals surface area contributed by atoms with Crippen molar-refractivity contribution in [1.82, 2.24) is 0 Å². The van der Waals surface area contributed by atoms with Gasteiger partial charge in [0.05, 0.1) is 0 Å². The fourth-order valence-electron chi connectivity index (χ4n) is 4.33. The highest BCUT2D eigenvalue weighted by molar-refractivity contribution is 8.20. The predicted octanol–water partition coefficient (Wildman–Crippen LogP) is 3.90. The van der Waals surface area contributed by atoms with Gasteiger partial charge in [0.2, 0.25) is 0 Å². The smallest absolute Gasteiger partial charge is 0.105 e. The van der Waals surface area contributed by atoms with E-state index in [4.69, 9.17) is 7.85 Å². The van der Waals surface area contributed by atoms with Crippen LogP contribution in [0.15, 0.2) is 0 Å². The number of rotatable bonds is 1. The van der Waals surface area contributed by atoms with Crippen LogP contribution in [-0.4, -0.2) is 23.3 Å². The Bertz CT molecular complexity index is 292. The molecule has 0 N–H and O–H groups in total. The lowest BCUT2D eigenvalue weighted by atomic mass is 9.37. The Hall–Kier alpha value is 0.765. The van der Waals surface area contributed by atoms with Crippen LogP contribution >= 0.6 is 23.5 Å². The van der Waals surface area contributed by atoms with E-state index in [2.05, 4.69) is 37.4 Å². The molecule has 0 nitrogen and oxygen atoms in total. The molecule has 1 aliphatic heterocycles. The molecule has 2 atom stereocenters. The van der Waals surface area contributed by atoms with Gasteiger partial charge in [-0.15, -0.1) is 0 Å². The van der Waals surface area contributed by atoms with E-state index in [1.54, 1.807) is 0 Å². The summed E-state index contributed by atoms with van der Waals surface area (Å²) in [5.41, 5.74) is 0.913. The topological polar surface area (TPSA) is 0 Å². The van der Waals surface area contributed by atoms with Crippen molar-refractivity contribution in [2.24, 2.45) is 16.7 Å². The van der Waals surface area contributed by atoms with Crippen molar-refractivity contribution in [3.63, 3.8) is 0 Å². The standard InChI is InChI=1S/C13H21BS2/c1-11(2)10-5-3-6-12(11,9-10)13(14)15-7-4-8-16-13/h10H,3-9H2,1-2H3. The zero-order valence-electron chi connectivity index (χ0n) is 10.4. The molecule has 1 saturated heterocycles. The summed E-state index contributed by atoms with van der Waals surface area (Å²) in [5, 5.41) is 0. The van der Waals surface area contributed by atoms with E-state index >= 15 is 0 Å². The molecule has 4 rings (SSSR count). The lowest BCUT2D eigenvalue weighted by molar-refractivity contribution is -0.155. The molecule has 0 aromatic rings. The Morgan fingerprint density at radius 2 is 1.81 bits per heavy atom. The Balaban J connectivity index is 1.92. The van der Waals surface area contributed by atoms with E-state index in [-0.39, 0.29) is 3.98 Å². The van der Waals surface area contributed by atoms with E-state index in [1.807, 2.05) is 0 Å². The molecule has 3 aliphatic carbocycles. The van der Waals surface area contributed by atoms with Crippen molar-refractivity contribution < 1.29 is 0 Å². The Morgan fingerprint density at radius 1 is 1.12 bits per heavy atom. The van der Waals surface area contributed by atoms with Gasteiger partial charge < -0.3 is 0 Å². The minimum atomic E-state index is 0.0195. The fourth-order valence-corrected chi connectivity index (χ4v) is 7.98. The maximum atomic E-state index is 6.81. The highest BCUT2D eigenvalue weighted by atomic mass is 32.2. The van der Waals surface area contributed by atoms with Gasteiger partial charge in [-0.2, -0.15) is 23.5 Å². The number of hydrogen-bond acceptors (Lipinski definition) is 2. The first-order chi connectivity index (χ1) is 7.52. The molecule has 2 unspecified atom stereocenters. The van der Waals surface area contributed by atoms with Crippen LogP contribution in [0.2, 0.25) is 0 Å². The summed E-state index contributed by atoms with van der Waals surface area (Å²) >= 11 is 4.10. The van der Waals surface area contributed by atoms with Crippen LogP contribution in [0.5, 0.6) is 0 Å². The number of fused-ring (bicyclic) bond motifs is 2. The summed E-state index contributed by atoms with van der Waals surface area (Å²) in [6.07, 6.45) is 6.96. The molecule has 3 heteroatoms. The van der Waals surface area contributed by atoms with Crippen molar-refractivity contribution >= 4 is 31.4 Å². The zero-order chi connectivity index (χ0) is 11.4. The third-order valence-corrected chi connectivity index (χ3v) is 8.93. The fraction of sp³-hybridized carbons (Fsp3) is 1.00. The van der Waals surface area contributed by atoms with E-state index in [9.17, 15) is 0 Å². The zero-order valence-corrected chi connectivity index (χ0v) is 12.1. The maximum Gasteiger partial charge on any atom is 0.105 e. The van der Waals surface area contributed by atoms with Crippen LogP contribution in [0.1, 0.15) is 46.0 Å².